The van der Waals surface area contributed by atoms with Crippen molar-refractivity contribution in [2.75, 3.05) is 39.9 Å². The van der Waals surface area contributed by atoms with Crippen LogP contribution >= 0.6 is 11.3 Å². The first kappa shape index (κ1) is 16.6. The molecule has 1 aromatic rings. The summed E-state index contributed by atoms with van der Waals surface area (Å²) in [5.74, 6) is -0.113. The fourth-order valence-electron chi connectivity index (χ4n) is 1.45. The highest BCUT2D eigenvalue weighted by atomic mass is 32.1. The summed E-state index contributed by atoms with van der Waals surface area (Å²) in [5, 5.41) is 10.4. The molecule has 0 atom stereocenters. The van der Waals surface area contributed by atoms with Gasteiger partial charge in [-0.3, -0.25) is 9.59 Å². The van der Waals surface area contributed by atoms with Gasteiger partial charge in [-0.25, -0.2) is 0 Å². The van der Waals surface area contributed by atoms with E-state index in [0.717, 1.165) is 0 Å². The van der Waals surface area contributed by atoms with Crippen molar-refractivity contribution < 1.29 is 14.3 Å². The minimum atomic E-state index is -0.0624. The Balaban J connectivity index is 1.96. The van der Waals surface area contributed by atoms with E-state index in [9.17, 15) is 9.59 Å². The molecule has 3 N–H and O–H groups in total. The highest BCUT2D eigenvalue weighted by molar-refractivity contribution is 7.12. The van der Waals surface area contributed by atoms with Crippen LogP contribution in [0.5, 0.6) is 0 Å². The van der Waals surface area contributed by atoms with E-state index in [1.165, 1.54) is 11.3 Å². The van der Waals surface area contributed by atoms with Gasteiger partial charge in [0.15, 0.2) is 0 Å². The Bertz CT molecular complexity index is 396. The maximum Gasteiger partial charge on any atom is 0.261 e. The molecule has 2 amide bonds. The van der Waals surface area contributed by atoms with Crippen LogP contribution < -0.4 is 16.0 Å². The molecule has 0 bridgehead atoms. The molecule has 1 heterocycles. The van der Waals surface area contributed by atoms with Gasteiger partial charge in [-0.05, 0) is 17.9 Å². The molecule has 0 radical (unpaired) electrons. The van der Waals surface area contributed by atoms with E-state index in [1.807, 2.05) is 11.4 Å². The van der Waals surface area contributed by atoms with Crippen molar-refractivity contribution in [2.24, 2.45) is 0 Å². The van der Waals surface area contributed by atoms with Crippen molar-refractivity contribution in [1.82, 2.24) is 16.0 Å². The summed E-state index contributed by atoms with van der Waals surface area (Å²) in [5.41, 5.74) is 0. The lowest BCUT2D eigenvalue weighted by Crippen LogP contribution is -2.36. The van der Waals surface area contributed by atoms with Crippen molar-refractivity contribution in [1.29, 1.82) is 0 Å². The summed E-state index contributed by atoms with van der Waals surface area (Å²) in [7, 11) is 1.62. The second kappa shape index (κ2) is 10.4. The fourth-order valence-corrected chi connectivity index (χ4v) is 2.09. The molecule has 0 saturated heterocycles. The Morgan fingerprint density at radius 3 is 2.75 bits per heavy atom. The van der Waals surface area contributed by atoms with Crippen LogP contribution in [-0.4, -0.2) is 51.7 Å². The van der Waals surface area contributed by atoms with Crippen molar-refractivity contribution in [2.45, 2.75) is 6.42 Å². The van der Waals surface area contributed by atoms with Crippen LogP contribution in [0.4, 0.5) is 0 Å². The van der Waals surface area contributed by atoms with Crippen molar-refractivity contribution in [3.05, 3.63) is 22.4 Å². The number of carbonyl (C=O) groups is 2. The number of thiophene rings is 1. The summed E-state index contributed by atoms with van der Waals surface area (Å²) < 4.78 is 4.86. The van der Waals surface area contributed by atoms with E-state index in [-0.39, 0.29) is 18.4 Å². The van der Waals surface area contributed by atoms with Crippen LogP contribution in [0.1, 0.15) is 16.1 Å². The Kier molecular flexibility index (Phi) is 8.61. The number of methoxy groups -OCH3 is 1. The van der Waals surface area contributed by atoms with Gasteiger partial charge >= 0.3 is 0 Å². The quantitative estimate of drug-likeness (QED) is 0.540. The topological polar surface area (TPSA) is 79.5 Å². The Morgan fingerprint density at radius 1 is 1.25 bits per heavy atom. The van der Waals surface area contributed by atoms with Gasteiger partial charge in [-0.15, -0.1) is 11.3 Å². The number of carbonyl (C=O) groups excluding carboxylic acids is 2. The molecule has 0 fully saturated rings. The van der Waals surface area contributed by atoms with Crippen LogP contribution in [0.3, 0.4) is 0 Å². The van der Waals surface area contributed by atoms with E-state index < -0.39 is 0 Å². The average Bonchev–Trinajstić information content (AvgIpc) is 2.97. The summed E-state index contributed by atoms with van der Waals surface area (Å²) in [4.78, 5) is 23.7. The lowest BCUT2D eigenvalue weighted by molar-refractivity contribution is -0.120. The summed E-state index contributed by atoms with van der Waals surface area (Å²) in [6.45, 7) is 2.62. The highest BCUT2D eigenvalue weighted by Gasteiger charge is 2.05. The van der Waals surface area contributed by atoms with Gasteiger partial charge in [0, 0.05) is 26.7 Å². The largest absolute Gasteiger partial charge is 0.383 e. The predicted molar refractivity (Wildman–Crippen MR) is 79.0 cm³/mol. The number of amides is 2. The normalized spacial score (nSPS) is 10.2. The van der Waals surface area contributed by atoms with Gasteiger partial charge in [0.25, 0.3) is 5.91 Å². The smallest absolute Gasteiger partial charge is 0.261 e. The second-order valence-corrected chi connectivity index (χ2v) is 5.05. The molecule has 0 spiro atoms. The van der Waals surface area contributed by atoms with E-state index in [2.05, 4.69) is 16.0 Å². The maximum absolute atomic E-state index is 11.6. The first-order valence-electron chi connectivity index (χ1n) is 6.52. The molecule has 1 aromatic heterocycles. The standard InChI is InChI=1S/C13H21N3O3S/c1-19-8-7-14-10-12(17)15-5-3-6-16-13(18)11-4-2-9-20-11/h2,4,9,14H,3,5-8,10H2,1H3,(H,15,17)(H,16,18). The average molecular weight is 299 g/mol. The van der Waals surface area contributed by atoms with Crippen LogP contribution in [0.2, 0.25) is 0 Å². The molecule has 0 aliphatic carbocycles. The van der Waals surface area contributed by atoms with Gasteiger partial charge in [-0.1, -0.05) is 6.07 Å². The summed E-state index contributed by atoms with van der Waals surface area (Å²) in [6.07, 6.45) is 0.709. The molecule has 0 aliphatic heterocycles. The molecule has 0 aliphatic rings. The van der Waals surface area contributed by atoms with Gasteiger partial charge in [-0.2, -0.15) is 0 Å². The highest BCUT2D eigenvalue weighted by Crippen LogP contribution is 2.07. The number of rotatable bonds is 10. The zero-order valence-corrected chi connectivity index (χ0v) is 12.4. The maximum atomic E-state index is 11.6. The van der Waals surface area contributed by atoms with Crippen LogP contribution in [0, 0.1) is 0 Å². The van der Waals surface area contributed by atoms with E-state index in [0.29, 0.717) is 37.5 Å². The van der Waals surface area contributed by atoms with E-state index in [1.54, 1.807) is 13.2 Å². The van der Waals surface area contributed by atoms with Gasteiger partial charge < -0.3 is 20.7 Å². The van der Waals surface area contributed by atoms with Gasteiger partial charge in [0.1, 0.15) is 0 Å². The Hall–Kier alpha value is -1.44. The number of hydrogen-bond acceptors (Lipinski definition) is 5. The molecule has 112 valence electrons. The Morgan fingerprint density at radius 2 is 2.05 bits per heavy atom. The molecule has 0 saturated carbocycles. The molecular weight excluding hydrogens is 278 g/mol. The molecule has 6 nitrogen and oxygen atoms in total. The third-order valence-electron chi connectivity index (χ3n) is 2.47. The van der Waals surface area contributed by atoms with E-state index in [4.69, 9.17) is 4.74 Å². The first-order valence-corrected chi connectivity index (χ1v) is 7.40. The van der Waals surface area contributed by atoms with E-state index >= 15 is 0 Å². The second-order valence-electron chi connectivity index (χ2n) is 4.11. The van der Waals surface area contributed by atoms with Crippen molar-refractivity contribution >= 4 is 23.2 Å². The lowest BCUT2D eigenvalue weighted by Gasteiger charge is -2.07. The summed E-state index contributed by atoms with van der Waals surface area (Å²) >= 11 is 1.41. The van der Waals surface area contributed by atoms with Gasteiger partial charge in [0.05, 0.1) is 18.0 Å². The molecule has 7 heteroatoms. The SMILES string of the molecule is COCCNCC(=O)NCCCNC(=O)c1cccs1. The molecule has 20 heavy (non-hydrogen) atoms. The van der Waals surface area contributed by atoms with Crippen molar-refractivity contribution in [3.63, 3.8) is 0 Å². The third kappa shape index (κ3) is 7.22. The van der Waals surface area contributed by atoms with Gasteiger partial charge in [0.2, 0.25) is 5.91 Å². The zero-order chi connectivity index (χ0) is 14.6. The zero-order valence-electron chi connectivity index (χ0n) is 11.6. The molecule has 0 aromatic carbocycles. The van der Waals surface area contributed by atoms with Crippen LogP contribution in [0.25, 0.3) is 0 Å². The fraction of sp³-hybridized carbons (Fsp3) is 0.538. The molecule has 0 unspecified atom stereocenters. The molecule has 1 rings (SSSR count). The monoisotopic (exact) mass is 299 g/mol. The van der Waals surface area contributed by atoms with Crippen LogP contribution in [-0.2, 0) is 9.53 Å². The lowest BCUT2D eigenvalue weighted by atomic mass is 10.4. The Labute approximate surface area is 122 Å². The summed E-state index contributed by atoms with van der Waals surface area (Å²) in [6, 6.07) is 3.63. The number of ether oxygens (including phenoxy) is 1. The van der Waals surface area contributed by atoms with Crippen LogP contribution in [0.15, 0.2) is 17.5 Å². The molecular formula is C13H21N3O3S. The first-order chi connectivity index (χ1) is 9.74. The predicted octanol–water partition coefficient (Wildman–Crippen LogP) is 0.220. The number of nitrogens with one attached hydrogen (secondary N) is 3. The van der Waals surface area contributed by atoms with Crippen molar-refractivity contribution in [3.8, 4) is 0 Å². The minimum Gasteiger partial charge on any atom is -0.383 e. The minimum absolute atomic E-state index is 0.0503. The third-order valence-corrected chi connectivity index (χ3v) is 3.34. The number of hydrogen-bond donors (Lipinski definition) is 3.